The van der Waals surface area contributed by atoms with Gasteiger partial charge in [-0.05, 0) is 24.1 Å². The molecule has 2 aromatic carbocycles. The normalized spacial score (nSPS) is 10.1. The van der Waals surface area contributed by atoms with Gasteiger partial charge in [0.2, 0.25) is 0 Å². The largest absolute Gasteiger partial charge is 0.271 e. The van der Waals surface area contributed by atoms with E-state index in [-0.39, 0.29) is 0 Å². The van der Waals surface area contributed by atoms with Crippen molar-refractivity contribution in [2.75, 3.05) is 5.48 Å². The van der Waals surface area contributed by atoms with Crippen molar-refractivity contribution in [2.24, 2.45) is 0 Å². The molecule has 0 spiro atoms. The third-order valence-electron chi connectivity index (χ3n) is 2.41. The zero-order chi connectivity index (χ0) is 11.2. The molecule has 82 valence electrons. The number of benzene rings is 2. The molecule has 1 N–H and O–H groups in total. The average molecular weight is 213 g/mol. The number of rotatable bonds is 4. The van der Waals surface area contributed by atoms with Crippen LogP contribution in [0.4, 0.5) is 5.69 Å². The first kappa shape index (κ1) is 10.7. The van der Waals surface area contributed by atoms with Crippen LogP contribution >= 0.6 is 0 Å². The Morgan fingerprint density at radius 1 is 0.938 bits per heavy atom. The topological polar surface area (TPSA) is 21.3 Å². The molecule has 2 nitrogen and oxygen atoms in total. The summed E-state index contributed by atoms with van der Waals surface area (Å²) in [7, 11) is 0. The van der Waals surface area contributed by atoms with Crippen LogP contribution in [0.15, 0.2) is 54.6 Å². The molecule has 0 fully saturated rings. The van der Waals surface area contributed by atoms with Gasteiger partial charge in [0.25, 0.3) is 0 Å². The molecule has 0 amide bonds. The highest BCUT2D eigenvalue weighted by molar-refractivity contribution is 5.48. The van der Waals surface area contributed by atoms with Crippen LogP contribution in [-0.2, 0) is 11.4 Å². The molecular formula is C14H15NO. The number of para-hydroxylation sites is 1. The van der Waals surface area contributed by atoms with E-state index in [2.05, 4.69) is 5.48 Å². The molecule has 0 saturated heterocycles. The van der Waals surface area contributed by atoms with E-state index >= 15 is 0 Å². The van der Waals surface area contributed by atoms with Crippen molar-refractivity contribution in [3.8, 4) is 0 Å². The molecule has 0 aliphatic heterocycles. The van der Waals surface area contributed by atoms with Gasteiger partial charge in [0, 0.05) is 0 Å². The molecule has 16 heavy (non-hydrogen) atoms. The fourth-order valence-electron chi connectivity index (χ4n) is 1.46. The molecule has 0 aliphatic carbocycles. The summed E-state index contributed by atoms with van der Waals surface area (Å²) in [4.78, 5) is 5.44. The predicted octanol–water partition coefficient (Wildman–Crippen LogP) is 3.54. The second-order valence-corrected chi connectivity index (χ2v) is 3.69. The van der Waals surface area contributed by atoms with Crippen LogP contribution in [0.5, 0.6) is 0 Å². The first-order chi connectivity index (χ1) is 7.86. The van der Waals surface area contributed by atoms with E-state index in [1.54, 1.807) is 0 Å². The smallest absolute Gasteiger partial charge is 0.0996 e. The van der Waals surface area contributed by atoms with E-state index in [0.29, 0.717) is 6.61 Å². The monoisotopic (exact) mass is 213 g/mol. The lowest BCUT2D eigenvalue weighted by Gasteiger charge is -2.09. The van der Waals surface area contributed by atoms with Crippen LogP contribution in [0.25, 0.3) is 0 Å². The van der Waals surface area contributed by atoms with Gasteiger partial charge in [-0.2, -0.15) is 0 Å². The molecule has 0 aliphatic rings. The summed E-state index contributed by atoms with van der Waals surface area (Å²) >= 11 is 0. The summed E-state index contributed by atoms with van der Waals surface area (Å²) in [5.41, 5.74) is 6.31. The van der Waals surface area contributed by atoms with E-state index < -0.39 is 0 Å². The summed E-state index contributed by atoms with van der Waals surface area (Å²) in [5, 5.41) is 0. The van der Waals surface area contributed by atoms with E-state index in [1.807, 2.05) is 61.5 Å². The van der Waals surface area contributed by atoms with Crippen LogP contribution in [0, 0.1) is 6.92 Å². The lowest BCUT2D eigenvalue weighted by Crippen LogP contribution is -2.02. The Morgan fingerprint density at radius 3 is 2.38 bits per heavy atom. The lowest BCUT2D eigenvalue weighted by molar-refractivity contribution is 0.180. The SMILES string of the molecule is Cc1ccccc1NOCc1ccccc1. The summed E-state index contributed by atoms with van der Waals surface area (Å²) in [6.45, 7) is 2.61. The molecule has 2 heteroatoms. The van der Waals surface area contributed by atoms with Gasteiger partial charge < -0.3 is 0 Å². The zero-order valence-electron chi connectivity index (χ0n) is 9.31. The average Bonchev–Trinajstić information content (AvgIpc) is 2.33. The molecule has 2 rings (SSSR count). The van der Waals surface area contributed by atoms with Crippen molar-refractivity contribution in [2.45, 2.75) is 13.5 Å². The van der Waals surface area contributed by atoms with Gasteiger partial charge in [-0.15, -0.1) is 0 Å². The summed E-state index contributed by atoms with van der Waals surface area (Å²) in [5.74, 6) is 0. The Kier molecular flexibility index (Phi) is 3.57. The van der Waals surface area contributed by atoms with Crippen LogP contribution in [0.3, 0.4) is 0 Å². The van der Waals surface area contributed by atoms with Crippen molar-refractivity contribution in [1.82, 2.24) is 0 Å². The summed E-state index contributed by atoms with van der Waals surface area (Å²) < 4.78 is 0. The van der Waals surface area contributed by atoms with Crippen molar-refractivity contribution < 1.29 is 4.84 Å². The quantitative estimate of drug-likeness (QED) is 0.784. The van der Waals surface area contributed by atoms with Gasteiger partial charge in [-0.25, -0.2) is 0 Å². The van der Waals surface area contributed by atoms with Gasteiger partial charge >= 0.3 is 0 Å². The standard InChI is InChI=1S/C14H15NO/c1-12-7-5-6-10-14(12)15-16-11-13-8-3-2-4-9-13/h2-10,15H,11H2,1H3. The summed E-state index contributed by atoms with van der Waals surface area (Å²) in [6.07, 6.45) is 0. The second kappa shape index (κ2) is 5.33. The minimum Gasteiger partial charge on any atom is -0.271 e. The molecular weight excluding hydrogens is 198 g/mol. The molecule has 0 saturated carbocycles. The Balaban J connectivity index is 1.87. The number of aryl methyl sites for hydroxylation is 1. The minimum absolute atomic E-state index is 0.565. The Morgan fingerprint density at radius 2 is 1.62 bits per heavy atom. The highest BCUT2D eigenvalue weighted by Gasteiger charge is 1.96. The third kappa shape index (κ3) is 2.84. The number of nitrogens with one attached hydrogen (secondary N) is 1. The second-order valence-electron chi connectivity index (χ2n) is 3.69. The maximum Gasteiger partial charge on any atom is 0.0996 e. The van der Waals surface area contributed by atoms with Crippen molar-refractivity contribution in [3.63, 3.8) is 0 Å². The fraction of sp³-hybridized carbons (Fsp3) is 0.143. The van der Waals surface area contributed by atoms with Gasteiger partial charge in [0.05, 0.1) is 12.3 Å². The Bertz CT molecular complexity index is 439. The number of hydrogen-bond acceptors (Lipinski definition) is 2. The van der Waals surface area contributed by atoms with Gasteiger partial charge in [0.15, 0.2) is 0 Å². The Labute approximate surface area is 95.8 Å². The van der Waals surface area contributed by atoms with Crippen LogP contribution in [0.2, 0.25) is 0 Å². The van der Waals surface area contributed by atoms with E-state index in [4.69, 9.17) is 4.84 Å². The van der Waals surface area contributed by atoms with Gasteiger partial charge in [-0.1, -0.05) is 48.5 Å². The number of hydrogen-bond donors (Lipinski definition) is 1. The molecule has 0 aromatic heterocycles. The maximum absolute atomic E-state index is 5.44. The Hall–Kier alpha value is -1.80. The fourth-order valence-corrected chi connectivity index (χ4v) is 1.46. The predicted molar refractivity (Wildman–Crippen MR) is 66.0 cm³/mol. The molecule has 0 unspecified atom stereocenters. The highest BCUT2D eigenvalue weighted by Crippen LogP contribution is 2.13. The van der Waals surface area contributed by atoms with Crippen LogP contribution in [0.1, 0.15) is 11.1 Å². The molecule has 0 bridgehead atoms. The van der Waals surface area contributed by atoms with Gasteiger partial charge in [-0.3, -0.25) is 10.3 Å². The van der Waals surface area contributed by atoms with Crippen LogP contribution in [-0.4, -0.2) is 0 Å². The van der Waals surface area contributed by atoms with E-state index in [1.165, 1.54) is 5.56 Å². The van der Waals surface area contributed by atoms with E-state index in [0.717, 1.165) is 11.3 Å². The maximum atomic E-state index is 5.44. The first-order valence-electron chi connectivity index (χ1n) is 5.33. The van der Waals surface area contributed by atoms with Crippen molar-refractivity contribution in [1.29, 1.82) is 0 Å². The zero-order valence-corrected chi connectivity index (χ0v) is 9.31. The van der Waals surface area contributed by atoms with Crippen LogP contribution < -0.4 is 5.48 Å². The van der Waals surface area contributed by atoms with Gasteiger partial charge in [0.1, 0.15) is 0 Å². The molecule has 0 atom stereocenters. The highest BCUT2D eigenvalue weighted by atomic mass is 16.6. The molecule has 0 heterocycles. The lowest BCUT2D eigenvalue weighted by atomic mass is 10.2. The van der Waals surface area contributed by atoms with Crippen molar-refractivity contribution >= 4 is 5.69 Å². The summed E-state index contributed by atoms with van der Waals surface area (Å²) in [6, 6.07) is 18.1. The number of anilines is 1. The van der Waals surface area contributed by atoms with Crippen molar-refractivity contribution in [3.05, 3.63) is 65.7 Å². The van der Waals surface area contributed by atoms with E-state index in [9.17, 15) is 0 Å². The molecule has 2 aromatic rings. The first-order valence-corrected chi connectivity index (χ1v) is 5.33. The molecule has 0 radical (unpaired) electrons. The third-order valence-corrected chi connectivity index (χ3v) is 2.41. The minimum atomic E-state index is 0.565.